The Morgan fingerprint density at radius 2 is 1.65 bits per heavy atom. The van der Waals surface area contributed by atoms with Crippen molar-refractivity contribution in [2.75, 3.05) is 13.7 Å². The van der Waals surface area contributed by atoms with Gasteiger partial charge in [-0.05, 0) is 50.9 Å². The molecule has 2 aliphatic rings. The second-order valence-corrected chi connectivity index (χ2v) is 5.99. The van der Waals surface area contributed by atoms with Crippen molar-refractivity contribution in [1.82, 2.24) is 0 Å². The smallest absolute Gasteiger partial charge is 0.157 e. The van der Waals surface area contributed by atoms with Crippen molar-refractivity contribution in [3.05, 3.63) is 0 Å². The monoisotopic (exact) mass is 294 g/mol. The molecule has 0 aliphatic heterocycles. The van der Waals surface area contributed by atoms with E-state index in [2.05, 4.69) is 0 Å². The van der Waals surface area contributed by atoms with Gasteiger partial charge in [0.05, 0.1) is 12.2 Å². The van der Waals surface area contributed by atoms with Gasteiger partial charge in [-0.2, -0.15) is 0 Å². The van der Waals surface area contributed by atoms with Crippen molar-refractivity contribution >= 4 is 0 Å². The molecule has 0 radical (unpaired) electrons. The molecule has 7 atom stereocenters. The van der Waals surface area contributed by atoms with Crippen LogP contribution in [-0.2, 0) is 9.47 Å². The average Bonchev–Trinajstić information content (AvgIpc) is 2.44. The Labute approximate surface area is 119 Å². The number of hydrogen-bond acceptors (Lipinski definition) is 2. The third kappa shape index (κ3) is 3.30. The molecule has 0 aromatic heterocycles. The van der Waals surface area contributed by atoms with Crippen LogP contribution in [-0.4, -0.2) is 44.4 Å². The van der Waals surface area contributed by atoms with Crippen LogP contribution >= 0.6 is 0 Å². The van der Waals surface area contributed by atoms with Gasteiger partial charge in [0.1, 0.15) is 12.3 Å². The second-order valence-electron chi connectivity index (χ2n) is 5.99. The number of halogens is 3. The number of methoxy groups -OCH3 is 1. The van der Waals surface area contributed by atoms with Gasteiger partial charge in [0.2, 0.25) is 0 Å². The molecule has 2 aliphatic carbocycles. The quantitative estimate of drug-likeness (QED) is 0.788. The Morgan fingerprint density at radius 3 is 2.25 bits per heavy atom. The van der Waals surface area contributed by atoms with E-state index in [1.54, 1.807) is 0 Å². The maximum Gasteiger partial charge on any atom is 0.157 e. The molecule has 0 aromatic rings. The van der Waals surface area contributed by atoms with Crippen molar-refractivity contribution in [3.8, 4) is 0 Å². The first-order valence-electron chi connectivity index (χ1n) is 7.65. The largest absolute Gasteiger partial charge is 0.378 e. The van der Waals surface area contributed by atoms with Crippen LogP contribution in [0.15, 0.2) is 0 Å². The molecule has 0 aromatic carbocycles. The van der Waals surface area contributed by atoms with Crippen molar-refractivity contribution < 1.29 is 22.6 Å². The molecule has 2 rings (SSSR count). The van der Waals surface area contributed by atoms with Crippen molar-refractivity contribution in [3.63, 3.8) is 0 Å². The molecule has 0 bridgehead atoms. The summed E-state index contributed by atoms with van der Waals surface area (Å²) >= 11 is 0. The van der Waals surface area contributed by atoms with Gasteiger partial charge in [-0.1, -0.05) is 0 Å². The Kier molecular flexibility index (Phi) is 5.73. The SMILES string of the molecule is CCOC1CCC(C2CCC(OC)C(F)C2F)CC1F. The lowest BCUT2D eigenvalue weighted by atomic mass is 9.70. The van der Waals surface area contributed by atoms with Gasteiger partial charge < -0.3 is 9.47 Å². The lowest BCUT2D eigenvalue weighted by Gasteiger charge is -2.41. The van der Waals surface area contributed by atoms with Gasteiger partial charge in [-0.3, -0.25) is 0 Å². The van der Waals surface area contributed by atoms with Gasteiger partial charge in [0, 0.05) is 13.7 Å². The van der Waals surface area contributed by atoms with Crippen LogP contribution in [0, 0.1) is 11.8 Å². The van der Waals surface area contributed by atoms with Gasteiger partial charge in [-0.25, -0.2) is 13.2 Å². The number of rotatable bonds is 4. The first kappa shape index (κ1) is 16.1. The van der Waals surface area contributed by atoms with Crippen molar-refractivity contribution in [1.29, 1.82) is 0 Å². The minimum Gasteiger partial charge on any atom is -0.378 e. The maximum atomic E-state index is 14.2. The van der Waals surface area contributed by atoms with E-state index in [1.807, 2.05) is 6.92 Å². The second kappa shape index (κ2) is 7.12. The molecule has 2 fully saturated rings. The van der Waals surface area contributed by atoms with Crippen LogP contribution in [0.1, 0.15) is 39.0 Å². The Bertz CT molecular complexity index is 303. The molecule has 0 amide bonds. The third-order valence-corrected chi connectivity index (χ3v) is 4.90. The van der Waals surface area contributed by atoms with E-state index in [0.717, 1.165) is 6.42 Å². The van der Waals surface area contributed by atoms with Crippen LogP contribution in [0.3, 0.4) is 0 Å². The molecular formula is C15H25F3O2. The van der Waals surface area contributed by atoms with E-state index < -0.39 is 24.6 Å². The van der Waals surface area contributed by atoms with Gasteiger partial charge in [0.25, 0.3) is 0 Å². The first-order valence-corrected chi connectivity index (χ1v) is 7.65. The third-order valence-electron chi connectivity index (χ3n) is 4.90. The maximum absolute atomic E-state index is 14.2. The molecule has 20 heavy (non-hydrogen) atoms. The number of alkyl halides is 3. The molecule has 0 N–H and O–H groups in total. The highest BCUT2D eigenvalue weighted by Crippen LogP contribution is 2.42. The molecule has 118 valence electrons. The summed E-state index contributed by atoms with van der Waals surface area (Å²) in [5.74, 6) is -0.454. The summed E-state index contributed by atoms with van der Waals surface area (Å²) in [4.78, 5) is 0. The van der Waals surface area contributed by atoms with Crippen LogP contribution in [0.5, 0.6) is 0 Å². The highest BCUT2D eigenvalue weighted by Gasteiger charge is 2.45. The summed E-state index contributed by atoms with van der Waals surface area (Å²) in [6.45, 7) is 2.34. The lowest BCUT2D eigenvalue weighted by molar-refractivity contribution is -0.0881. The minimum absolute atomic E-state index is 0.0761. The Hall–Kier alpha value is -0.290. The molecule has 0 saturated heterocycles. The van der Waals surface area contributed by atoms with Crippen molar-refractivity contribution in [2.24, 2.45) is 11.8 Å². The lowest BCUT2D eigenvalue weighted by Crippen LogP contribution is -2.47. The molecule has 0 spiro atoms. The molecule has 2 nitrogen and oxygen atoms in total. The normalized spacial score (nSPS) is 46.4. The predicted octanol–water partition coefficient (Wildman–Crippen LogP) is 3.63. The van der Waals surface area contributed by atoms with Crippen LogP contribution in [0.2, 0.25) is 0 Å². The molecule has 2 saturated carbocycles. The van der Waals surface area contributed by atoms with Crippen LogP contribution < -0.4 is 0 Å². The number of hydrogen-bond donors (Lipinski definition) is 0. The Balaban J connectivity index is 1.93. The van der Waals surface area contributed by atoms with Gasteiger partial charge >= 0.3 is 0 Å². The summed E-state index contributed by atoms with van der Waals surface area (Å²) in [6, 6.07) is 0. The molecule has 5 heteroatoms. The van der Waals surface area contributed by atoms with Gasteiger partial charge in [0.15, 0.2) is 6.17 Å². The average molecular weight is 294 g/mol. The van der Waals surface area contributed by atoms with E-state index in [1.165, 1.54) is 7.11 Å². The first-order chi connectivity index (χ1) is 9.58. The summed E-state index contributed by atoms with van der Waals surface area (Å²) in [5.41, 5.74) is 0. The molecule has 0 heterocycles. The number of ether oxygens (including phenoxy) is 2. The topological polar surface area (TPSA) is 18.5 Å². The van der Waals surface area contributed by atoms with E-state index in [-0.39, 0.29) is 17.9 Å². The van der Waals surface area contributed by atoms with Crippen LogP contribution in [0.4, 0.5) is 13.2 Å². The highest BCUT2D eigenvalue weighted by molar-refractivity contribution is 4.94. The fraction of sp³-hybridized carbons (Fsp3) is 1.00. The fourth-order valence-electron chi connectivity index (χ4n) is 3.77. The highest BCUT2D eigenvalue weighted by atomic mass is 19.2. The standard InChI is InChI=1S/C15H25F3O2/c1-3-20-12-6-4-9(8-11(12)16)10-5-7-13(19-2)15(18)14(10)17/h9-15H,3-8H2,1-2H3. The van der Waals surface area contributed by atoms with Crippen LogP contribution in [0.25, 0.3) is 0 Å². The summed E-state index contributed by atoms with van der Waals surface area (Å²) in [6.07, 6.45) is -2.47. The molecular weight excluding hydrogens is 269 g/mol. The zero-order valence-electron chi connectivity index (χ0n) is 12.2. The summed E-state index contributed by atoms with van der Waals surface area (Å²) < 4.78 is 52.5. The predicted molar refractivity (Wildman–Crippen MR) is 71.0 cm³/mol. The van der Waals surface area contributed by atoms with E-state index in [4.69, 9.17) is 9.47 Å². The van der Waals surface area contributed by atoms with Gasteiger partial charge in [-0.15, -0.1) is 0 Å². The fourth-order valence-corrected chi connectivity index (χ4v) is 3.77. The van der Waals surface area contributed by atoms with E-state index in [0.29, 0.717) is 32.3 Å². The summed E-state index contributed by atoms with van der Waals surface area (Å²) in [7, 11) is 1.41. The Morgan fingerprint density at radius 1 is 0.950 bits per heavy atom. The minimum atomic E-state index is -1.58. The zero-order valence-corrected chi connectivity index (χ0v) is 12.2. The van der Waals surface area contributed by atoms with E-state index >= 15 is 0 Å². The van der Waals surface area contributed by atoms with Crippen molar-refractivity contribution in [2.45, 2.75) is 69.8 Å². The van der Waals surface area contributed by atoms with E-state index in [9.17, 15) is 13.2 Å². The summed E-state index contributed by atoms with van der Waals surface area (Å²) in [5, 5.41) is 0. The zero-order chi connectivity index (χ0) is 14.7. The molecule has 7 unspecified atom stereocenters.